The maximum atomic E-state index is 12.3. The number of hydrogen-bond donors (Lipinski definition) is 1. The maximum Gasteiger partial charge on any atom is 0.223 e. The largest absolute Gasteiger partial charge is 0.353 e. The molecule has 4 rings (SSSR count). The van der Waals surface area contributed by atoms with Crippen LogP contribution in [0.15, 0.2) is 35.7 Å². The van der Waals surface area contributed by atoms with E-state index in [1.165, 1.54) is 18.4 Å². The van der Waals surface area contributed by atoms with Gasteiger partial charge in [-0.1, -0.05) is 43.2 Å². The summed E-state index contributed by atoms with van der Waals surface area (Å²) in [5, 5.41) is 6.52. The summed E-state index contributed by atoms with van der Waals surface area (Å²) < 4.78 is 0. The fourth-order valence-electron chi connectivity index (χ4n) is 3.87. The van der Waals surface area contributed by atoms with E-state index in [0.29, 0.717) is 6.04 Å². The highest BCUT2D eigenvalue weighted by molar-refractivity contribution is 7.14. The molecule has 2 heterocycles. The summed E-state index contributed by atoms with van der Waals surface area (Å²) in [7, 11) is 0. The Bertz CT molecular complexity index is 701. The van der Waals surface area contributed by atoms with Gasteiger partial charge in [0.05, 0.1) is 5.69 Å². The SMILES string of the molecule is O=C(NC1CCN(c2nc(-c3ccccc3)cs2)CC1)C1CCCC1. The topological polar surface area (TPSA) is 45.2 Å². The first kappa shape index (κ1) is 16.6. The molecule has 2 aliphatic rings. The van der Waals surface area contributed by atoms with Crippen molar-refractivity contribution < 1.29 is 4.79 Å². The van der Waals surface area contributed by atoms with Crippen LogP contribution in [0.25, 0.3) is 11.3 Å². The molecule has 1 aromatic heterocycles. The lowest BCUT2D eigenvalue weighted by atomic mass is 10.0. The Balaban J connectivity index is 1.31. The highest BCUT2D eigenvalue weighted by atomic mass is 32.1. The number of nitrogens with one attached hydrogen (secondary N) is 1. The van der Waals surface area contributed by atoms with Gasteiger partial charge in [-0.3, -0.25) is 4.79 Å². The van der Waals surface area contributed by atoms with Gasteiger partial charge >= 0.3 is 0 Å². The molecule has 2 aromatic rings. The normalized spacial score (nSPS) is 19.3. The smallest absolute Gasteiger partial charge is 0.223 e. The quantitative estimate of drug-likeness (QED) is 0.899. The number of thiazole rings is 1. The van der Waals surface area contributed by atoms with Crippen molar-refractivity contribution >= 4 is 22.4 Å². The van der Waals surface area contributed by atoms with E-state index in [1.807, 2.05) is 18.2 Å². The molecule has 0 atom stereocenters. The minimum atomic E-state index is 0.269. The number of rotatable bonds is 4. The predicted octanol–water partition coefficient (Wildman–Crippen LogP) is 4.09. The highest BCUT2D eigenvalue weighted by Crippen LogP contribution is 2.29. The lowest BCUT2D eigenvalue weighted by Crippen LogP contribution is -2.46. The van der Waals surface area contributed by atoms with Gasteiger partial charge in [0.25, 0.3) is 0 Å². The Morgan fingerprint density at radius 2 is 1.80 bits per heavy atom. The Labute approximate surface area is 153 Å². The van der Waals surface area contributed by atoms with Crippen LogP contribution in [-0.4, -0.2) is 30.0 Å². The van der Waals surface area contributed by atoms with Crippen molar-refractivity contribution in [3.63, 3.8) is 0 Å². The number of hydrogen-bond acceptors (Lipinski definition) is 4. The molecule has 0 spiro atoms. The molecule has 0 radical (unpaired) electrons. The standard InChI is InChI=1S/C20H25N3OS/c24-19(16-8-4-5-9-16)21-17-10-12-23(13-11-17)20-22-18(14-25-20)15-6-2-1-3-7-15/h1-3,6-7,14,16-17H,4-5,8-13H2,(H,21,24). The molecule has 0 bridgehead atoms. The number of aromatic nitrogens is 1. The summed E-state index contributed by atoms with van der Waals surface area (Å²) in [5.74, 6) is 0.557. The summed E-state index contributed by atoms with van der Waals surface area (Å²) in [6, 6.07) is 10.7. The van der Waals surface area contributed by atoms with Gasteiger partial charge in [0.2, 0.25) is 5.91 Å². The van der Waals surface area contributed by atoms with Gasteiger partial charge in [0.1, 0.15) is 0 Å². The molecule has 1 amide bonds. The lowest BCUT2D eigenvalue weighted by molar-refractivity contribution is -0.125. The Morgan fingerprint density at radius 1 is 1.08 bits per heavy atom. The van der Waals surface area contributed by atoms with E-state index >= 15 is 0 Å². The Morgan fingerprint density at radius 3 is 2.52 bits per heavy atom. The molecule has 1 saturated heterocycles. The average molecular weight is 356 g/mol. The summed E-state index contributed by atoms with van der Waals surface area (Å²) in [5.41, 5.74) is 2.22. The molecule has 1 aromatic carbocycles. The molecular formula is C20H25N3OS. The molecule has 2 fully saturated rings. The first-order valence-electron chi connectivity index (χ1n) is 9.36. The minimum absolute atomic E-state index is 0.269. The molecular weight excluding hydrogens is 330 g/mol. The van der Waals surface area contributed by atoms with Crippen LogP contribution in [0.5, 0.6) is 0 Å². The molecule has 4 nitrogen and oxygen atoms in total. The second-order valence-corrected chi connectivity index (χ2v) is 7.97. The summed E-state index contributed by atoms with van der Waals surface area (Å²) in [4.78, 5) is 19.5. The third-order valence-corrected chi connectivity index (χ3v) is 6.30. The van der Waals surface area contributed by atoms with E-state index in [4.69, 9.17) is 4.98 Å². The predicted molar refractivity (Wildman–Crippen MR) is 103 cm³/mol. The first-order valence-corrected chi connectivity index (χ1v) is 10.2. The number of amides is 1. The monoisotopic (exact) mass is 355 g/mol. The number of anilines is 1. The zero-order valence-corrected chi connectivity index (χ0v) is 15.3. The van der Waals surface area contributed by atoms with Gasteiger partial charge in [-0.15, -0.1) is 11.3 Å². The highest BCUT2D eigenvalue weighted by Gasteiger charge is 2.27. The summed E-state index contributed by atoms with van der Waals surface area (Å²) >= 11 is 1.71. The van der Waals surface area contributed by atoms with Crippen molar-refractivity contribution in [3.8, 4) is 11.3 Å². The summed E-state index contributed by atoms with van der Waals surface area (Å²) in [6.45, 7) is 1.94. The van der Waals surface area contributed by atoms with Gasteiger partial charge in [-0.25, -0.2) is 4.98 Å². The Hall–Kier alpha value is -1.88. The molecule has 132 valence electrons. The van der Waals surface area contributed by atoms with Crippen molar-refractivity contribution in [2.45, 2.75) is 44.6 Å². The van der Waals surface area contributed by atoms with Crippen LogP contribution >= 0.6 is 11.3 Å². The second-order valence-electron chi connectivity index (χ2n) is 7.13. The zero-order valence-electron chi connectivity index (χ0n) is 14.5. The van der Waals surface area contributed by atoms with Crippen molar-refractivity contribution in [2.24, 2.45) is 5.92 Å². The van der Waals surface area contributed by atoms with Crippen LogP contribution in [0.3, 0.4) is 0 Å². The second kappa shape index (κ2) is 7.56. The number of piperidine rings is 1. The van der Waals surface area contributed by atoms with Gasteiger partial charge in [-0.05, 0) is 25.7 Å². The van der Waals surface area contributed by atoms with Crippen LogP contribution in [0, 0.1) is 5.92 Å². The van der Waals surface area contributed by atoms with E-state index in [1.54, 1.807) is 11.3 Å². The maximum absolute atomic E-state index is 12.3. The van der Waals surface area contributed by atoms with E-state index in [9.17, 15) is 4.79 Å². The fraction of sp³-hybridized carbons (Fsp3) is 0.500. The van der Waals surface area contributed by atoms with Crippen LogP contribution in [0.1, 0.15) is 38.5 Å². The number of carbonyl (C=O) groups excluding carboxylic acids is 1. The molecule has 25 heavy (non-hydrogen) atoms. The van der Waals surface area contributed by atoms with Crippen molar-refractivity contribution in [1.82, 2.24) is 10.3 Å². The van der Waals surface area contributed by atoms with Crippen LogP contribution in [0.2, 0.25) is 0 Å². The van der Waals surface area contributed by atoms with Crippen LogP contribution in [-0.2, 0) is 4.79 Å². The van der Waals surface area contributed by atoms with E-state index in [-0.39, 0.29) is 11.8 Å². The summed E-state index contributed by atoms with van der Waals surface area (Å²) in [6.07, 6.45) is 6.60. The van der Waals surface area contributed by atoms with Crippen LogP contribution in [0.4, 0.5) is 5.13 Å². The van der Waals surface area contributed by atoms with E-state index < -0.39 is 0 Å². The molecule has 1 aliphatic heterocycles. The van der Waals surface area contributed by atoms with Gasteiger partial charge in [0, 0.05) is 36.0 Å². The number of carbonyl (C=O) groups is 1. The van der Waals surface area contributed by atoms with Crippen LogP contribution < -0.4 is 10.2 Å². The third-order valence-electron chi connectivity index (χ3n) is 5.40. The average Bonchev–Trinajstić information content (AvgIpc) is 3.35. The third kappa shape index (κ3) is 3.87. The van der Waals surface area contributed by atoms with E-state index in [0.717, 1.165) is 49.6 Å². The van der Waals surface area contributed by atoms with Crippen molar-refractivity contribution in [3.05, 3.63) is 35.7 Å². The van der Waals surface area contributed by atoms with Crippen molar-refractivity contribution in [1.29, 1.82) is 0 Å². The molecule has 5 heteroatoms. The molecule has 1 aliphatic carbocycles. The van der Waals surface area contributed by atoms with Gasteiger partial charge < -0.3 is 10.2 Å². The first-order chi connectivity index (χ1) is 12.3. The Kier molecular flexibility index (Phi) is 5.02. The van der Waals surface area contributed by atoms with Gasteiger partial charge in [0.15, 0.2) is 5.13 Å². The molecule has 1 saturated carbocycles. The van der Waals surface area contributed by atoms with E-state index in [2.05, 4.69) is 27.7 Å². The number of nitrogens with zero attached hydrogens (tertiary/aromatic N) is 2. The molecule has 0 unspecified atom stereocenters. The number of benzene rings is 1. The van der Waals surface area contributed by atoms with Crippen molar-refractivity contribution in [2.75, 3.05) is 18.0 Å². The van der Waals surface area contributed by atoms with Gasteiger partial charge in [-0.2, -0.15) is 0 Å². The molecule has 1 N–H and O–H groups in total. The lowest BCUT2D eigenvalue weighted by Gasteiger charge is -2.32. The fourth-order valence-corrected chi connectivity index (χ4v) is 4.76. The zero-order chi connectivity index (χ0) is 17.1. The minimum Gasteiger partial charge on any atom is -0.353 e.